The maximum Gasteiger partial charge on any atom is 0.339 e. The Morgan fingerprint density at radius 1 is 0.412 bits per heavy atom. The highest BCUT2D eigenvalue weighted by Gasteiger charge is 2.35. The molecule has 696 valence electrons. The summed E-state index contributed by atoms with van der Waals surface area (Å²) in [4.78, 5) is 108. The molecule has 0 bridgehead atoms. The molecule has 0 aliphatic carbocycles. The maximum absolute atomic E-state index is 14.2. The minimum Gasteiger partial charge on any atom is -0.495 e. The SMILES string of the molecule is COc1ccc(-n2c(=O)n(-c3ccc(Oc4ccccc4)cc3)c3c(N)ncnc32)cc1N(C)C(=O)/C=C/C[N+](C)(C)C1CCOC1.C[N+](C)(C/C=C/C(=O)Nc1cccc(-n2c(=O)n(-c3ccc(Oc4cccc(F)c4)cc3)c3c(N)ncnc32)c1)C1CCOC1.C[N+](C)(C/C=C/C(=O)Nc1cccc(-n2c(=O)n(-c3ccc(Oc4ccccc4)cc3)c3c(N)ncnc32)c1)C1CCOC1. The summed E-state index contributed by atoms with van der Waals surface area (Å²) >= 11 is 0. The standard InChI is InChI=1S/C35H38N7O5.C33H32FN7O4.C33H33N7O4/c1-39(31(43)11-8-19-42(2,3)26-18-20-46-22-26)29-21-25(14-17-30(29)45-4)41-34-32(33(36)37-23-38-34)40(35(41)44)24-12-15-28(16-13-24)47-27-9-6-5-7-10-27;1-41(2,26-15-17-44-20-26)16-5-10-29(42)38-23-7-4-8-25(19-23)40-32-30(31(35)36-21-37-32)39(33(40)43)24-11-13-27(14-12-24)45-28-9-3-6-22(34)18-28;1-40(2,26-17-19-43-21-26)18-7-12-29(41)37-23-8-6-9-25(20-23)39-32-30(31(34)35-22-36-32)38(33(39)42)24-13-15-28(16-14-24)44-27-10-4-3-5-11-27/h5-17,21,23,26H,18-20,22H2,1-4H3,(H2,36,37,38);3-14,18-19,21,26H,15-17,20H2,1-2H3,(H2-,35,36,37,38,42);3-16,20,22,26H,17-19,21H2,1-2H3,(H2-,34,35,36,37,41)/q+1;;/p+2/b11-8+;10-5+;12-7+. The Morgan fingerprint density at radius 3 is 1.11 bits per heavy atom. The molecule has 8 N–H and O–H groups in total. The fourth-order valence-electron chi connectivity index (χ4n) is 16.5. The van der Waals surface area contributed by atoms with Crippen LogP contribution in [0.3, 0.4) is 0 Å². The summed E-state index contributed by atoms with van der Waals surface area (Å²) in [5, 5.41) is 5.78. The number of amides is 3. The number of nitrogens with zero attached hydrogens (tertiary/aromatic N) is 16. The van der Waals surface area contributed by atoms with Gasteiger partial charge in [0.15, 0.2) is 34.4 Å². The molecule has 15 aromatic rings. The van der Waals surface area contributed by atoms with Crippen LogP contribution >= 0.6 is 0 Å². The average Bonchev–Trinajstić information content (AvgIpc) is 1.60. The van der Waals surface area contributed by atoms with Crippen LogP contribution in [-0.4, -0.2) is 222 Å². The first-order valence-electron chi connectivity index (χ1n) is 44.1. The third-order valence-electron chi connectivity index (χ3n) is 24.3. The second-order valence-corrected chi connectivity index (χ2v) is 34.5. The molecule has 3 aliphatic rings. The van der Waals surface area contributed by atoms with E-state index < -0.39 is 17.2 Å². The van der Waals surface area contributed by atoms with Crippen LogP contribution in [0.1, 0.15) is 19.3 Å². The van der Waals surface area contributed by atoms with E-state index in [2.05, 4.69) is 82.8 Å². The normalized spacial score (nSPS) is 15.1. The number of nitrogen functional groups attached to an aromatic ring is 3. The molecule has 136 heavy (non-hydrogen) atoms. The summed E-state index contributed by atoms with van der Waals surface area (Å²) in [7, 11) is 16.0. The Hall–Kier alpha value is -16.1. The third-order valence-corrected chi connectivity index (χ3v) is 24.3. The van der Waals surface area contributed by atoms with Crippen molar-refractivity contribution in [1.82, 2.24) is 57.3 Å². The number of fused-ring (bicyclic) bond motifs is 3. The number of imidazole rings is 3. The number of benzene rings is 9. The van der Waals surface area contributed by atoms with Gasteiger partial charge in [-0.25, -0.2) is 62.4 Å². The monoisotopic (exact) mass is 1840 g/mol. The van der Waals surface area contributed by atoms with Gasteiger partial charge in [-0.05, 0) is 182 Å². The van der Waals surface area contributed by atoms with Crippen LogP contribution in [0.5, 0.6) is 40.2 Å². The van der Waals surface area contributed by atoms with Crippen LogP contribution < -0.4 is 68.8 Å². The van der Waals surface area contributed by atoms with Gasteiger partial charge in [0.25, 0.3) is 5.91 Å². The Balaban J connectivity index is 0.000000148. The number of halogens is 1. The van der Waals surface area contributed by atoms with Crippen molar-refractivity contribution in [3.05, 3.63) is 317 Å². The number of hydrogen-bond donors (Lipinski definition) is 5. The van der Waals surface area contributed by atoms with E-state index in [1.165, 1.54) is 76.6 Å². The molecule has 34 nitrogen and oxygen atoms in total. The number of methoxy groups -OCH3 is 1. The molecule has 3 saturated heterocycles. The lowest BCUT2D eigenvalue weighted by Gasteiger charge is -2.34. The molecule has 0 saturated carbocycles. The van der Waals surface area contributed by atoms with Gasteiger partial charge in [0.05, 0.1) is 148 Å². The van der Waals surface area contributed by atoms with Gasteiger partial charge < -0.3 is 79.3 Å². The quantitative estimate of drug-likeness (QED) is 0.0225. The Morgan fingerprint density at radius 2 is 0.750 bits per heavy atom. The molecular weight excluding hydrogens is 1730 g/mol. The number of quaternary nitrogens is 3. The van der Waals surface area contributed by atoms with E-state index in [1.54, 1.807) is 171 Å². The first-order valence-corrected chi connectivity index (χ1v) is 44.1. The lowest BCUT2D eigenvalue weighted by atomic mass is 10.2. The highest BCUT2D eigenvalue weighted by molar-refractivity contribution is 6.03. The van der Waals surface area contributed by atoms with E-state index in [0.717, 1.165) is 72.4 Å². The van der Waals surface area contributed by atoms with Crippen molar-refractivity contribution >= 4 is 85.7 Å². The molecule has 6 aromatic heterocycles. The number of nitrogens with one attached hydrogen (secondary N) is 2. The molecule has 0 radical (unpaired) electrons. The van der Waals surface area contributed by atoms with Gasteiger partial charge in [-0.2, -0.15) is 0 Å². The van der Waals surface area contributed by atoms with Crippen LogP contribution in [0.4, 0.5) is 38.9 Å². The highest BCUT2D eigenvalue weighted by atomic mass is 19.1. The predicted octanol–water partition coefficient (Wildman–Crippen LogP) is 13.1. The van der Waals surface area contributed by atoms with Gasteiger partial charge in [-0.1, -0.05) is 54.6 Å². The summed E-state index contributed by atoms with van der Waals surface area (Å²) in [6.07, 6.45) is 17.2. The molecule has 9 aromatic carbocycles. The Labute approximate surface area is 781 Å². The molecule has 9 heterocycles. The molecule has 3 atom stereocenters. The number of carbonyl (C=O) groups excluding carboxylic acids is 3. The number of rotatable bonds is 28. The van der Waals surface area contributed by atoms with E-state index in [-0.39, 0.29) is 40.9 Å². The Kier molecular flexibility index (Phi) is 28.1. The van der Waals surface area contributed by atoms with Gasteiger partial charge >= 0.3 is 17.1 Å². The average molecular weight is 1840 g/mol. The topological polar surface area (TPSA) is 379 Å². The van der Waals surface area contributed by atoms with E-state index >= 15 is 0 Å². The fraction of sp³-hybridized carbons (Fsp3) is 0.228. The van der Waals surface area contributed by atoms with E-state index in [4.69, 9.17) is 50.4 Å². The van der Waals surface area contributed by atoms with E-state index in [9.17, 15) is 33.2 Å². The zero-order valence-corrected chi connectivity index (χ0v) is 76.3. The molecule has 35 heteroatoms. The number of likely N-dealkylation sites (N-methyl/N-ethyl adjacent to an activating group) is 4. The van der Waals surface area contributed by atoms with Crippen LogP contribution in [-0.2, 0) is 28.6 Å². The summed E-state index contributed by atoms with van der Waals surface area (Å²) in [6, 6.07) is 66.0. The molecular formula is C101H105FN21O13+3. The number of aromatic nitrogens is 12. The van der Waals surface area contributed by atoms with Gasteiger partial charge in [-0.3, -0.25) is 28.1 Å². The maximum atomic E-state index is 14.2. The second kappa shape index (κ2) is 41.0. The van der Waals surface area contributed by atoms with Crippen LogP contribution in [0, 0.1) is 5.82 Å². The molecule has 18 rings (SSSR count). The fourth-order valence-corrected chi connectivity index (χ4v) is 16.5. The number of anilines is 6. The summed E-state index contributed by atoms with van der Waals surface area (Å²) < 4.78 is 64.3. The largest absolute Gasteiger partial charge is 0.495 e. The van der Waals surface area contributed by atoms with Crippen LogP contribution in [0.2, 0.25) is 0 Å². The molecule has 3 amide bonds. The third kappa shape index (κ3) is 21.0. The van der Waals surface area contributed by atoms with Crippen molar-refractivity contribution in [3.63, 3.8) is 0 Å². The van der Waals surface area contributed by atoms with E-state index in [1.807, 2.05) is 78.9 Å². The van der Waals surface area contributed by atoms with Gasteiger partial charge in [0, 0.05) is 62.0 Å². The number of nitrogens with two attached hydrogens (primary N) is 3. The molecule has 3 fully saturated rings. The van der Waals surface area contributed by atoms with Crippen molar-refractivity contribution in [2.45, 2.75) is 37.4 Å². The van der Waals surface area contributed by atoms with Crippen molar-refractivity contribution in [2.24, 2.45) is 0 Å². The van der Waals surface area contributed by atoms with Crippen molar-refractivity contribution < 1.29 is 65.4 Å². The molecule has 0 spiro atoms. The van der Waals surface area contributed by atoms with Crippen LogP contribution in [0.25, 0.3) is 67.6 Å². The smallest absolute Gasteiger partial charge is 0.339 e. The van der Waals surface area contributed by atoms with Gasteiger partial charge in [0.1, 0.15) is 99.7 Å². The number of ether oxygens (including phenoxy) is 7. The molecule has 3 aliphatic heterocycles. The first-order chi connectivity index (χ1) is 65.7. The van der Waals surface area contributed by atoms with Crippen molar-refractivity contribution in [3.8, 4) is 74.4 Å². The summed E-state index contributed by atoms with van der Waals surface area (Å²) in [5.74, 6) is 3.15. The van der Waals surface area contributed by atoms with Crippen LogP contribution in [0.15, 0.2) is 294 Å². The van der Waals surface area contributed by atoms with Gasteiger partial charge in [0.2, 0.25) is 11.8 Å². The number of para-hydroxylation sites is 2. The Bertz CT molecular complexity index is 7140. The van der Waals surface area contributed by atoms with Crippen molar-refractivity contribution in [1.29, 1.82) is 0 Å². The number of hydrogen-bond acceptors (Lipinski definition) is 22. The predicted molar refractivity (Wildman–Crippen MR) is 519 cm³/mol. The van der Waals surface area contributed by atoms with Crippen molar-refractivity contribution in [2.75, 3.05) is 148 Å². The highest BCUT2D eigenvalue weighted by Crippen LogP contribution is 2.36. The second-order valence-electron chi connectivity index (χ2n) is 34.5. The summed E-state index contributed by atoms with van der Waals surface area (Å²) in [6.45, 7) is 6.58. The van der Waals surface area contributed by atoms with Gasteiger partial charge in [-0.15, -0.1) is 0 Å². The lowest BCUT2D eigenvalue weighted by molar-refractivity contribution is -0.907. The van der Waals surface area contributed by atoms with E-state index in [0.29, 0.717) is 163 Å². The number of carbonyl (C=O) groups is 3. The molecule has 3 unspecified atom stereocenters. The summed E-state index contributed by atoms with van der Waals surface area (Å²) in [5.41, 5.74) is 24.2. The minimum atomic E-state index is -0.435. The minimum absolute atomic E-state index is 0.121. The zero-order valence-electron chi connectivity index (χ0n) is 76.3. The first kappa shape index (κ1) is 93.2. The zero-order chi connectivity index (χ0) is 95.4. The lowest BCUT2D eigenvalue weighted by Crippen LogP contribution is -2.49.